The molecule has 0 atom stereocenters. The monoisotopic (exact) mass is 165 g/mol. The van der Waals surface area contributed by atoms with Gasteiger partial charge in [0.15, 0.2) is 7.28 Å². The summed E-state index contributed by atoms with van der Waals surface area (Å²) in [5.41, 5.74) is 2.52. The molecule has 1 heteroatoms. The maximum Gasteiger partial charge on any atom is 0.182 e. The Balaban J connectivity index is 2.32. The van der Waals surface area contributed by atoms with Gasteiger partial charge in [-0.15, -0.1) is 5.98 Å². The third-order valence-corrected chi connectivity index (χ3v) is 1.99. The van der Waals surface area contributed by atoms with E-state index in [4.69, 9.17) is 0 Å². The van der Waals surface area contributed by atoms with Gasteiger partial charge in [-0.3, -0.25) is 0 Å². The van der Waals surface area contributed by atoms with Crippen LogP contribution in [0.25, 0.3) is 5.47 Å². The van der Waals surface area contributed by atoms with Gasteiger partial charge in [0.1, 0.15) is 0 Å². The molecule has 1 aliphatic rings. The van der Waals surface area contributed by atoms with Crippen LogP contribution in [0.15, 0.2) is 60.6 Å². The van der Waals surface area contributed by atoms with Crippen molar-refractivity contribution >= 4 is 12.8 Å². The van der Waals surface area contributed by atoms with Gasteiger partial charge in [0, 0.05) is 0 Å². The third-order valence-electron chi connectivity index (χ3n) is 1.99. The molecule has 0 nitrogen and oxygen atoms in total. The Labute approximate surface area is 79.5 Å². The number of allylic oxidation sites excluding steroid dienone is 4. The van der Waals surface area contributed by atoms with Crippen molar-refractivity contribution in [2.24, 2.45) is 0 Å². The summed E-state index contributed by atoms with van der Waals surface area (Å²) < 4.78 is 0. The second-order valence-electron chi connectivity index (χ2n) is 2.92. The Kier molecular flexibility index (Phi) is 2.47. The van der Waals surface area contributed by atoms with E-state index >= 15 is 0 Å². The Morgan fingerprint density at radius 1 is 0.846 bits per heavy atom. The fourth-order valence-electron chi connectivity index (χ4n) is 1.33. The highest BCUT2D eigenvalue weighted by molar-refractivity contribution is 6.65. The fraction of sp³-hybridized carbons (Fsp3) is 0. The lowest BCUT2D eigenvalue weighted by Crippen LogP contribution is -1.91. The van der Waals surface area contributed by atoms with Crippen molar-refractivity contribution in [1.82, 2.24) is 0 Å². The van der Waals surface area contributed by atoms with Crippen molar-refractivity contribution in [3.05, 3.63) is 66.2 Å². The van der Waals surface area contributed by atoms with E-state index in [9.17, 15) is 0 Å². The largest absolute Gasteiger partial charge is 0.182 e. The van der Waals surface area contributed by atoms with Crippen molar-refractivity contribution < 1.29 is 0 Å². The third kappa shape index (κ3) is 2.00. The first kappa shape index (κ1) is 8.12. The van der Waals surface area contributed by atoms with Crippen LogP contribution in [0, 0.1) is 0 Å². The first-order valence-electron chi connectivity index (χ1n) is 4.40. The maximum absolute atomic E-state index is 2.12. The summed E-state index contributed by atoms with van der Waals surface area (Å²) >= 11 is 0. The van der Waals surface area contributed by atoms with Gasteiger partial charge in [0.2, 0.25) is 0 Å². The molecule has 1 aromatic carbocycles. The molecule has 0 aromatic heterocycles. The van der Waals surface area contributed by atoms with Gasteiger partial charge in [0.05, 0.1) is 0 Å². The van der Waals surface area contributed by atoms with Crippen LogP contribution in [0.5, 0.6) is 0 Å². The predicted molar refractivity (Wildman–Crippen MR) is 58.5 cm³/mol. The summed E-state index contributed by atoms with van der Waals surface area (Å²) in [5.74, 6) is 2.06. The second kappa shape index (κ2) is 3.95. The number of benzene rings is 1. The molecule has 1 heterocycles. The number of hydrogen-bond donors (Lipinski definition) is 0. The fourth-order valence-corrected chi connectivity index (χ4v) is 1.33. The molecule has 0 N–H and O–H groups in total. The van der Waals surface area contributed by atoms with Crippen LogP contribution >= 0.6 is 0 Å². The summed E-state index contributed by atoms with van der Waals surface area (Å²) in [4.78, 5) is 0. The van der Waals surface area contributed by atoms with Gasteiger partial charge in [-0.05, 0) is 5.56 Å². The van der Waals surface area contributed by atoms with Crippen molar-refractivity contribution in [2.45, 2.75) is 0 Å². The molecule has 0 saturated carbocycles. The molecule has 0 unspecified atom stereocenters. The molecule has 1 radical (unpaired) electrons. The van der Waals surface area contributed by atoms with Gasteiger partial charge >= 0.3 is 0 Å². The average molecular weight is 165 g/mol. The van der Waals surface area contributed by atoms with E-state index in [0.717, 1.165) is 0 Å². The molecule has 0 spiro atoms. The van der Waals surface area contributed by atoms with Crippen molar-refractivity contribution in [3.8, 4) is 0 Å². The summed E-state index contributed by atoms with van der Waals surface area (Å²) in [6.45, 7) is 0. The van der Waals surface area contributed by atoms with Gasteiger partial charge in [-0.25, -0.2) is 0 Å². The Morgan fingerprint density at radius 2 is 1.69 bits per heavy atom. The molecular weight excluding hydrogens is 155 g/mol. The highest BCUT2D eigenvalue weighted by Gasteiger charge is 1.99. The lowest BCUT2D eigenvalue weighted by Gasteiger charge is -2.01. The van der Waals surface area contributed by atoms with Crippen LogP contribution in [0.4, 0.5) is 0 Å². The minimum Gasteiger partial charge on any atom is -0.116 e. The normalized spacial score (nSPS) is 14.6. The smallest absolute Gasteiger partial charge is 0.116 e. The zero-order chi connectivity index (χ0) is 8.93. The molecule has 0 bridgehead atoms. The Morgan fingerprint density at radius 3 is 2.54 bits per heavy atom. The molecular formula is C12H10B. The maximum atomic E-state index is 2.12. The molecule has 1 aromatic rings. The van der Waals surface area contributed by atoms with Crippen LogP contribution in [0.2, 0.25) is 0 Å². The molecule has 0 saturated heterocycles. The van der Waals surface area contributed by atoms with E-state index in [1.165, 1.54) is 11.0 Å². The highest BCUT2D eigenvalue weighted by Crippen LogP contribution is 2.14. The standard InChI is InChI=1S/C12H10B/c1-3-7-11(8-4-1)12-9-5-2-6-10-13-12/h1-10H. The second-order valence-corrected chi connectivity index (χ2v) is 2.92. The van der Waals surface area contributed by atoms with Gasteiger partial charge in [-0.2, -0.15) is 0 Å². The average Bonchev–Trinajstić information content (AvgIpc) is 2.47. The zero-order valence-electron chi connectivity index (χ0n) is 7.35. The molecule has 61 valence electrons. The SMILES string of the molecule is [B]1C=CC=CC=C1c1ccccc1. The van der Waals surface area contributed by atoms with Crippen molar-refractivity contribution in [1.29, 1.82) is 0 Å². The summed E-state index contributed by atoms with van der Waals surface area (Å²) in [6.07, 6.45) is 8.25. The molecule has 0 aliphatic carbocycles. The first-order valence-corrected chi connectivity index (χ1v) is 4.40. The summed E-state index contributed by atoms with van der Waals surface area (Å²) in [7, 11) is 2.12. The number of hydrogen-bond acceptors (Lipinski definition) is 0. The number of rotatable bonds is 1. The van der Waals surface area contributed by atoms with Crippen LogP contribution < -0.4 is 0 Å². The van der Waals surface area contributed by atoms with Crippen molar-refractivity contribution in [3.63, 3.8) is 0 Å². The van der Waals surface area contributed by atoms with Gasteiger partial charge in [-0.1, -0.05) is 60.1 Å². The van der Waals surface area contributed by atoms with Gasteiger partial charge in [0.25, 0.3) is 0 Å². The van der Waals surface area contributed by atoms with E-state index in [0.29, 0.717) is 0 Å². The van der Waals surface area contributed by atoms with E-state index in [-0.39, 0.29) is 0 Å². The van der Waals surface area contributed by atoms with Crippen LogP contribution in [-0.4, -0.2) is 7.28 Å². The highest BCUT2D eigenvalue weighted by atomic mass is 13.9. The summed E-state index contributed by atoms with van der Waals surface area (Å²) in [6, 6.07) is 10.4. The van der Waals surface area contributed by atoms with E-state index in [1.54, 1.807) is 0 Å². The van der Waals surface area contributed by atoms with Gasteiger partial charge < -0.3 is 0 Å². The molecule has 0 amide bonds. The predicted octanol–water partition coefficient (Wildman–Crippen LogP) is 2.82. The Hall–Kier alpha value is -1.50. The van der Waals surface area contributed by atoms with Crippen LogP contribution in [-0.2, 0) is 0 Å². The van der Waals surface area contributed by atoms with Crippen LogP contribution in [0.1, 0.15) is 5.56 Å². The lowest BCUT2D eigenvalue weighted by atomic mass is 9.67. The molecule has 1 aliphatic heterocycles. The molecule has 0 fully saturated rings. The summed E-state index contributed by atoms with van der Waals surface area (Å²) in [5, 5.41) is 0. The first-order chi connectivity index (χ1) is 6.47. The van der Waals surface area contributed by atoms with Crippen molar-refractivity contribution in [2.75, 3.05) is 0 Å². The van der Waals surface area contributed by atoms with E-state index in [2.05, 4.69) is 49.7 Å². The lowest BCUT2D eigenvalue weighted by molar-refractivity contribution is 1.65. The topological polar surface area (TPSA) is 0 Å². The zero-order valence-corrected chi connectivity index (χ0v) is 7.35. The molecule has 2 rings (SSSR count). The van der Waals surface area contributed by atoms with Crippen LogP contribution in [0.3, 0.4) is 0 Å². The Bertz CT molecular complexity index is 358. The van der Waals surface area contributed by atoms with E-state index in [1.807, 2.05) is 18.2 Å². The van der Waals surface area contributed by atoms with E-state index < -0.39 is 0 Å². The molecule has 13 heavy (non-hydrogen) atoms. The quantitative estimate of drug-likeness (QED) is 0.561. The minimum atomic E-state index is 1.26. The minimum absolute atomic E-state index is 1.26.